The van der Waals surface area contributed by atoms with Crippen molar-refractivity contribution in [3.05, 3.63) is 78.0 Å². The van der Waals surface area contributed by atoms with Crippen molar-refractivity contribution in [3.8, 4) is 0 Å². The van der Waals surface area contributed by atoms with Crippen molar-refractivity contribution in [2.24, 2.45) is 4.99 Å². The maximum absolute atomic E-state index is 12.7. The van der Waals surface area contributed by atoms with Gasteiger partial charge in [-0.3, -0.25) is 4.99 Å². The number of sulfonamides is 1. The van der Waals surface area contributed by atoms with Crippen LogP contribution in [0.25, 0.3) is 0 Å². The van der Waals surface area contributed by atoms with Gasteiger partial charge < -0.3 is 9.52 Å². The summed E-state index contributed by atoms with van der Waals surface area (Å²) in [5.41, 5.74) is 1.09. The van der Waals surface area contributed by atoms with Gasteiger partial charge in [0.25, 0.3) is 0 Å². The fourth-order valence-corrected chi connectivity index (χ4v) is 4.03. The highest BCUT2D eigenvalue weighted by Crippen LogP contribution is 2.23. The summed E-state index contributed by atoms with van der Waals surface area (Å²) in [6.45, 7) is 3.32. The van der Waals surface area contributed by atoms with E-state index in [1.165, 1.54) is 12.1 Å². The number of nitrogens with zero attached hydrogens (tertiary/aromatic N) is 3. The average Bonchev–Trinajstić information content (AvgIpc) is 3.23. The molecule has 0 aliphatic rings. The Balaban J connectivity index is 1.90. The third kappa shape index (κ3) is 4.92. The zero-order chi connectivity index (χ0) is 20.9. The zero-order valence-electron chi connectivity index (χ0n) is 15.2. The van der Waals surface area contributed by atoms with E-state index in [1.807, 2.05) is 0 Å². The van der Waals surface area contributed by atoms with Gasteiger partial charge in [0.05, 0.1) is 4.90 Å². The quantitative estimate of drug-likeness (QED) is 0.512. The number of rotatable bonds is 9. The smallest absolute Gasteiger partial charge is 0.333 e. The molecule has 0 spiro atoms. The number of carbonyl (C=O) groups is 1. The number of hydrogen-bond donors (Lipinski definition) is 2. The number of nitrogens with one attached hydrogen (secondary N) is 1. The summed E-state index contributed by atoms with van der Waals surface area (Å²) >= 11 is 0. The number of benzene rings is 2. The Kier molecular flexibility index (Phi) is 6.15. The molecule has 0 radical (unpaired) electrons. The predicted molar refractivity (Wildman–Crippen MR) is 104 cm³/mol. The van der Waals surface area contributed by atoms with Gasteiger partial charge in [-0.25, -0.2) is 13.2 Å². The lowest BCUT2D eigenvalue weighted by atomic mass is 10.0. The molecule has 2 atom stereocenters. The Morgan fingerprint density at radius 3 is 2.59 bits per heavy atom. The van der Waals surface area contributed by atoms with Gasteiger partial charge in [0, 0.05) is 0 Å². The second kappa shape index (κ2) is 8.76. The molecule has 0 saturated heterocycles. The number of carboxylic acids is 1. The van der Waals surface area contributed by atoms with Crippen LogP contribution < -0.4 is 4.72 Å². The van der Waals surface area contributed by atoms with Crippen molar-refractivity contribution < 1.29 is 22.7 Å². The van der Waals surface area contributed by atoms with Crippen LogP contribution in [-0.2, 0) is 21.2 Å². The third-order valence-corrected chi connectivity index (χ3v) is 5.64. The largest absolute Gasteiger partial charge is 0.479 e. The van der Waals surface area contributed by atoms with E-state index in [9.17, 15) is 18.3 Å². The van der Waals surface area contributed by atoms with Crippen LogP contribution in [0.1, 0.15) is 29.1 Å². The first kappa shape index (κ1) is 20.4. The van der Waals surface area contributed by atoms with Crippen molar-refractivity contribution in [2.45, 2.75) is 23.4 Å². The molecule has 0 aliphatic heterocycles. The molecular formula is C19H18N4O5S. The first-order valence-electron chi connectivity index (χ1n) is 8.51. The van der Waals surface area contributed by atoms with E-state index in [-0.39, 0.29) is 17.2 Å². The minimum Gasteiger partial charge on any atom is -0.479 e. The molecule has 0 saturated carbocycles. The van der Waals surface area contributed by atoms with Gasteiger partial charge in [-0.05, 0) is 36.4 Å². The van der Waals surface area contributed by atoms with Gasteiger partial charge >= 0.3 is 5.97 Å². The summed E-state index contributed by atoms with van der Waals surface area (Å²) < 4.78 is 33.3. The lowest BCUT2D eigenvalue weighted by Gasteiger charge is -2.16. The molecule has 1 aromatic heterocycles. The summed E-state index contributed by atoms with van der Waals surface area (Å²) in [5.74, 6) is -1.04. The van der Waals surface area contributed by atoms with Crippen molar-refractivity contribution >= 4 is 22.7 Å². The standard InChI is InChI=1S/C19H18N4O5S/c1-20-17(19(24)25)14-7-5-6-13(10-14)11-16(18-22-21-12-28-18)23-29(26,27)15-8-3-2-4-9-15/h2-10,12,16-17,23H,1,11H2,(H,24,25). The molecule has 1 heterocycles. The normalized spacial score (nSPS) is 13.5. The van der Waals surface area contributed by atoms with E-state index in [1.54, 1.807) is 42.5 Å². The lowest BCUT2D eigenvalue weighted by molar-refractivity contribution is -0.138. The highest BCUT2D eigenvalue weighted by atomic mass is 32.2. The minimum atomic E-state index is -3.85. The Bertz CT molecular complexity index is 1080. The highest BCUT2D eigenvalue weighted by Gasteiger charge is 2.26. The number of aromatic nitrogens is 2. The Morgan fingerprint density at radius 2 is 1.97 bits per heavy atom. The summed E-state index contributed by atoms with van der Waals surface area (Å²) in [5, 5.41) is 16.7. The topological polar surface area (TPSA) is 135 Å². The Labute approximate surface area is 167 Å². The second-order valence-corrected chi connectivity index (χ2v) is 7.85. The number of hydrogen-bond acceptors (Lipinski definition) is 7. The fourth-order valence-electron chi connectivity index (χ4n) is 2.82. The Morgan fingerprint density at radius 1 is 1.21 bits per heavy atom. The van der Waals surface area contributed by atoms with Crippen molar-refractivity contribution in [3.63, 3.8) is 0 Å². The SMILES string of the molecule is C=NC(C(=O)O)c1cccc(CC(NS(=O)(=O)c2ccccc2)c2nnco2)c1. The van der Waals surface area contributed by atoms with Crippen molar-refractivity contribution in [1.29, 1.82) is 0 Å². The number of aliphatic carboxylic acids is 1. The molecule has 2 aromatic carbocycles. The summed E-state index contributed by atoms with van der Waals surface area (Å²) in [6.07, 6.45) is 1.27. The Hall–Kier alpha value is -3.37. The van der Waals surface area contributed by atoms with Crippen LogP contribution in [0.3, 0.4) is 0 Å². The molecule has 150 valence electrons. The maximum atomic E-state index is 12.7. The molecule has 2 N–H and O–H groups in total. The summed E-state index contributed by atoms with van der Waals surface area (Å²) in [6, 6.07) is 12.6. The summed E-state index contributed by atoms with van der Waals surface area (Å²) in [7, 11) is -3.85. The molecule has 2 unspecified atom stereocenters. The van der Waals surface area contributed by atoms with Gasteiger partial charge in [-0.2, -0.15) is 4.72 Å². The molecular weight excluding hydrogens is 396 g/mol. The van der Waals surface area contributed by atoms with Crippen LogP contribution in [0.15, 0.2) is 75.3 Å². The van der Waals surface area contributed by atoms with Gasteiger partial charge in [0.1, 0.15) is 6.04 Å². The van der Waals surface area contributed by atoms with Crippen LogP contribution in [0.2, 0.25) is 0 Å². The maximum Gasteiger partial charge on any atom is 0.333 e. The highest BCUT2D eigenvalue weighted by molar-refractivity contribution is 7.89. The predicted octanol–water partition coefficient (Wildman–Crippen LogP) is 2.16. The fraction of sp³-hybridized carbons (Fsp3) is 0.158. The molecule has 3 aromatic rings. The first-order valence-corrected chi connectivity index (χ1v) is 10.00. The van der Waals surface area contributed by atoms with Gasteiger partial charge in [0.15, 0.2) is 6.04 Å². The van der Waals surface area contributed by atoms with E-state index < -0.39 is 28.1 Å². The summed E-state index contributed by atoms with van der Waals surface area (Å²) in [4.78, 5) is 15.1. The minimum absolute atomic E-state index is 0.0894. The van der Waals surface area contributed by atoms with Crippen LogP contribution in [-0.4, -0.2) is 36.4 Å². The van der Waals surface area contributed by atoms with Gasteiger partial charge in [-0.15, -0.1) is 10.2 Å². The second-order valence-electron chi connectivity index (χ2n) is 6.14. The van der Waals surface area contributed by atoms with Crippen LogP contribution in [0.5, 0.6) is 0 Å². The first-order chi connectivity index (χ1) is 13.9. The zero-order valence-corrected chi connectivity index (χ0v) is 16.0. The molecule has 0 bridgehead atoms. The molecule has 0 amide bonds. The molecule has 10 heteroatoms. The molecule has 0 aliphatic carbocycles. The lowest BCUT2D eigenvalue weighted by Crippen LogP contribution is -2.30. The van der Waals surface area contributed by atoms with E-state index in [4.69, 9.17) is 4.42 Å². The average molecular weight is 414 g/mol. The van der Waals surface area contributed by atoms with Crippen LogP contribution >= 0.6 is 0 Å². The van der Waals surface area contributed by atoms with E-state index in [0.717, 1.165) is 6.39 Å². The van der Waals surface area contributed by atoms with Crippen molar-refractivity contribution in [2.75, 3.05) is 0 Å². The number of aliphatic imine (C=N–C) groups is 1. The molecule has 9 nitrogen and oxygen atoms in total. The molecule has 3 rings (SSSR count). The van der Waals surface area contributed by atoms with Crippen LogP contribution in [0.4, 0.5) is 0 Å². The van der Waals surface area contributed by atoms with Gasteiger partial charge in [-0.1, -0.05) is 42.5 Å². The third-order valence-electron chi connectivity index (χ3n) is 4.15. The van der Waals surface area contributed by atoms with E-state index in [0.29, 0.717) is 11.1 Å². The van der Waals surface area contributed by atoms with Gasteiger partial charge in [0.2, 0.25) is 22.3 Å². The monoisotopic (exact) mass is 414 g/mol. The van der Waals surface area contributed by atoms with Crippen LogP contribution in [0, 0.1) is 0 Å². The molecule has 0 fully saturated rings. The molecule has 29 heavy (non-hydrogen) atoms. The van der Waals surface area contributed by atoms with Crippen molar-refractivity contribution in [1.82, 2.24) is 14.9 Å². The van der Waals surface area contributed by atoms with E-state index in [2.05, 4.69) is 26.6 Å². The van der Waals surface area contributed by atoms with E-state index >= 15 is 0 Å². The number of carboxylic acid groups (broad SMARTS) is 1.